The van der Waals surface area contributed by atoms with Crippen molar-refractivity contribution in [2.45, 2.75) is 56.0 Å². The number of aromatic nitrogens is 1. The molecule has 2 aromatic carbocycles. The summed E-state index contributed by atoms with van der Waals surface area (Å²) >= 11 is 0. The monoisotopic (exact) mass is 540 g/mol. The van der Waals surface area contributed by atoms with Gasteiger partial charge in [0.05, 0.1) is 4.90 Å². The molecule has 0 saturated carbocycles. The first-order chi connectivity index (χ1) is 18.2. The number of para-hydroxylation sites is 1. The molecule has 4 rings (SSSR count). The number of nitrogens with zero attached hydrogens (tertiary/aromatic N) is 1. The third-order valence-corrected chi connectivity index (χ3v) is 8.72. The van der Waals surface area contributed by atoms with Crippen LogP contribution in [0.15, 0.2) is 59.6 Å². The highest BCUT2D eigenvalue weighted by atomic mass is 32.2. The summed E-state index contributed by atoms with van der Waals surface area (Å²) in [6, 6.07) is 11.9. The minimum absolute atomic E-state index is 0.0851. The van der Waals surface area contributed by atoms with Gasteiger partial charge in [-0.15, -0.1) is 0 Å². The lowest BCUT2D eigenvalue weighted by Gasteiger charge is -2.25. The number of aromatic amines is 1. The number of hydrogen-bond donors (Lipinski definition) is 4. The molecule has 2 atom stereocenters. The molecule has 1 aromatic heterocycles. The van der Waals surface area contributed by atoms with Gasteiger partial charge in [-0.3, -0.25) is 9.59 Å². The minimum Gasteiger partial charge on any atom is -0.480 e. The van der Waals surface area contributed by atoms with Crippen molar-refractivity contribution in [2.75, 3.05) is 13.1 Å². The van der Waals surface area contributed by atoms with Crippen LogP contribution in [-0.2, 0) is 30.8 Å². The zero-order valence-electron chi connectivity index (χ0n) is 21.1. The van der Waals surface area contributed by atoms with E-state index in [2.05, 4.69) is 15.6 Å². The molecule has 0 radical (unpaired) electrons. The topological polar surface area (TPSA) is 149 Å². The Morgan fingerprint density at radius 3 is 2.61 bits per heavy atom. The van der Waals surface area contributed by atoms with E-state index in [1.54, 1.807) is 12.1 Å². The van der Waals surface area contributed by atoms with Crippen molar-refractivity contribution in [3.8, 4) is 0 Å². The molecule has 4 N–H and O–H groups in total. The molecule has 0 aliphatic carbocycles. The van der Waals surface area contributed by atoms with Crippen LogP contribution >= 0.6 is 0 Å². The average molecular weight is 541 g/mol. The van der Waals surface area contributed by atoms with Crippen molar-refractivity contribution in [3.63, 3.8) is 0 Å². The molecule has 1 aliphatic heterocycles. The first-order valence-electron chi connectivity index (χ1n) is 12.6. The van der Waals surface area contributed by atoms with Crippen LogP contribution in [0.3, 0.4) is 0 Å². The molecular formula is C27H32N4O6S. The van der Waals surface area contributed by atoms with Crippen molar-refractivity contribution >= 4 is 38.7 Å². The van der Waals surface area contributed by atoms with E-state index in [9.17, 15) is 27.9 Å². The fraction of sp³-hybridized carbons (Fsp3) is 0.370. The van der Waals surface area contributed by atoms with Gasteiger partial charge in [-0.05, 0) is 56.4 Å². The quantitative estimate of drug-likeness (QED) is 0.293. The highest BCUT2D eigenvalue weighted by molar-refractivity contribution is 7.89. The Morgan fingerprint density at radius 1 is 1.13 bits per heavy atom. The zero-order chi connectivity index (χ0) is 27.3. The summed E-state index contributed by atoms with van der Waals surface area (Å²) in [5.74, 6) is -2.28. The fourth-order valence-corrected chi connectivity index (χ4v) is 6.36. The number of rotatable bonds is 11. The normalized spacial score (nSPS) is 16.8. The summed E-state index contributed by atoms with van der Waals surface area (Å²) in [5, 5.41) is 15.9. The largest absolute Gasteiger partial charge is 0.480 e. The highest BCUT2D eigenvalue weighted by Crippen LogP contribution is 2.26. The number of benzene rings is 2. The number of aliphatic carboxylic acids is 1. The first-order valence-corrected chi connectivity index (χ1v) is 14.0. The number of aryl methyl sites for hydroxylation is 1. The summed E-state index contributed by atoms with van der Waals surface area (Å²) in [7, 11) is -3.92. The van der Waals surface area contributed by atoms with E-state index in [4.69, 9.17) is 0 Å². The zero-order valence-corrected chi connectivity index (χ0v) is 22.0. The van der Waals surface area contributed by atoms with Gasteiger partial charge in [-0.1, -0.05) is 35.9 Å². The Kier molecular flexibility index (Phi) is 8.48. The molecule has 0 spiro atoms. The summed E-state index contributed by atoms with van der Waals surface area (Å²) in [6.07, 6.45) is 3.08. The van der Waals surface area contributed by atoms with Crippen molar-refractivity contribution in [2.24, 2.45) is 0 Å². The van der Waals surface area contributed by atoms with Gasteiger partial charge in [0.1, 0.15) is 12.1 Å². The van der Waals surface area contributed by atoms with Crippen molar-refractivity contribution in [3.05, 3.63) is 65.9 Å². The predicted octanol–water partition coefficient (Wildman–Crippen LogP) is 2.34. The number of sulfonamides is 1. The van der Waals surface area contributed by atoms with Crippen LogP contribution < -0.4 is 10.6 Å². The standard InChI is InChI=1S/C27H32N4O6S/c1-18-8-10-20(11-9-18)38(36,37)31-16-4-7-24(31)26(33)30-23(27(34)35)12-13-25(32)28-15-14-19-17-29-22-6-3-2-5-21(19)22/h2-3,5-6,8-11,17,23-24,29H,4,7,12-16H2,1H3,(H,28,32)(H,30,33)(H,34,35)/t23-,24-/m0/s1. The number of carboxylic acids is 1. The maximum Gasteiger partial charge on any atom is 0.326 e. The molecule has 0 unspecified atom stereocenters. The van der Waals surface area contributed by atoms with E-state index in [1.807, 2.05) is 37.4 Å². The maximum atomic E-state index is 13.1. The van der Waals surface area contributed by atoms with Crippen LogP contribution in [0.4, 0.5) is 0 Å². The number of carboxylic acid groups (broad SMARTS) is 1. The lowest BCUT2D eigenvalue weighted by molar-refractivity contribution is -0.142. The van der Waals surface area contributed by atoms with E-state index in [1.165, 1.54) is 12.1 Å². The molecule has 38 heavy (non-hydrogen) atoms. The lowest BCUT2D eigenvalue weighted by Crippen LogP contribution is -2.51. The fourth-order valence-electron chi connectivity index (χ4n) is 4.70. The Balaban J connectivity index is 1.30. The number of nitrogens with one attached hydrogen (secondary N) is 3. The van der Waals surface area contributed by atoms with Gasteiger partial charge in [0.2, 0.25) is 21.8 Å². The van der Waals surface area contributed by atoms with E-state index in [0.717, 1.165) is 26.3 Å². The number of hydrogen-bond acceptors (Lipinski definition) is 5. The van der Waals surface area contributed by atoms with Crippen LogP contribution in [0.1, 0.15) is 36.8 Å². The summed E-state index contributed by atoms with van der Waals surface area (Å²) in [4.78, 5) is 40.4. The summed E-state index contributed by atoms with van der Waals surface area (Å²) in [5.41, 5.74) is 2.99. The van der Waals surface area contributed by atoms with Crippen molar-refractivity contribution in [1.82, 2.24) is 19.9 Å². The second kappa shape index (κ2) is 11.8. The van der Waals surface area contributed by atoms with Gasteiger partial charge >= 0.3 is 5.97 Å². The van der Waals surface area contributed by atoms with E-state index >= 15 is 0 Å². The number of fused-ring (bicyclic) bond motifs is 1. The molecular weight excluding hydrogens is 508 g/mol. The number of amides is 2. The third kappa shape index (κ3) is 6.22. The summed E-state index contributed by atoms with van der Waals surface area (Å²) in [6.45, 7) is 2.40. The molecule has 0 bridgehead atoms. The van der Waals surface area contributed by atoms with E-state index < -0.39 is 34.0 Å². The van der Waals surface area contributed by atoms with Crippen molar-refractivity contribution < 1.29 is 27.9 Å². The molecule has 2 heterocycles. The summed E-state index contributed by atoms with van der Waals surface area (Å²) < 4.78 is 27.4. The highest BCUT2D eigenvalue weighted by Gasteiger charge is 2.40. The van der Waals surface area contributed by atoms with Crippen LogP contribution in [-0.4, -0.2) is 65.8 Å². The molecule has 1 saturated heterocycles. The second-order valence-corrected chi connectivity index (χ2v) is 11.4. The average Bonchev–Trinajstić information content (AvgIpc) is 3.55. The van der Waals surface area contributed by atoms with Gasteiger partial charge in [-0.25, -0.2) is 13.2 Å². The molecule has 3 aromatic rings. The predicted molar refractivity (Wildman–Crippen MR) is 142 cm³/mol. The van der Waals surface area contributed by atoms with E-state index in [0.29, 0.717) is 19.4 Å². The Bertz CT molecular complexity index is 1420. The number of H-pyrrole nitrogens is 1. The van der Waals surface area contributed by atoms with E-state index in [-0.39, 0.29) is 36.6 Å². The molecule has 10 nitrogen and oxygen atoms in total. The van der Waals surface area contributed by atoms with Crippen LogP contribution in [0, 0.1) is 6.92 Å². The third-order valence-electron chi connectivity index (χ3n) is 6.80. The van der Waals surface area contributed by atoms with Crippen LogP contribution in [0.25, 0.3) is 10.9 Å². The Hall–Kier alpha value is -3.70. The molecule has 11 heteroatoms. The molecule has 202 valence electrons. The Labute approximate surface area is 221 Å². The van der Waals surface area contributed by atoms with Gasteiger partial charge in [0.15, 0.2) is 0 Å². The van der Waals surface area contributed by atoms with Gasteiger partial charge in [-0.2, -0.15) is 4.31 Å². The minimum atomic E-state index is -3.92. The lowest BCUT2D eigenvalue weighted by atomic mass is 10.1. The van der Waals surface area contributed by atoms with Gasteiger partial charge in [0, 0.05) is 36.6 Å². The number of carbonyl (C=O) groups excluding carboxylic acids is 2. The molecule has 1 aliphatic rings. The van der Waals surface area contributed by atoms with Gasteiger partial charge in [0.25, 0.3) is 0 Å². The Morgan fingerprint density at radius 2 is 1.87 bits per heavy atom. The smallest absolute Gasteiger partial charge is 0.326 e. The number of carbonyl (C=O) groups is 3. The molecule has 2 amide bonds. The first kappa shape index (κ1) is 27.3. The van der Waals surface area contributed by atoms with Crippen LogP contribution in [0.5, 0.6) is 0 Å². The second-order valence-electron chi connectivity index (χ2n) is 9.48. The SMILES string of the molecule is Cc1ccc(S(=O)(=O)N2CCC[C@H]2C(=O)N[C@@H](CCC(=O)NCCc2c[nH]c3ccccc23)C(=O)O)cc1. The van der Waals surface area contributed by atoms with Crippen molar-refractivity contribution in [1.29, 1.82) is 0 Å². The van der Waals surface area contributed by atoms with Gasteiger partial charge < -0.3 is 20.7 Å². The molecule has 1 fully saturated rings. The maximum absolute atomic E-state index is 13.1. The van der Waals surface area contributed by atoms with Crippen LogP contribution in [0.2, 0.25) is 0 Å².